The fraction of sp³-hybridized carbons (Fsp3) is 0. The Morgan fingerprint density at radius 2 is 1.91 bits per heavy atom. The molecule has 0 saturated carbocycles. The summed E-state index contributed by atoms with van der Waals surface area (Å²) in [6.07, 6.45) is 0. The molecule has 23 heavy (non-hydrogen) atoms. The fourth-order valence-electron chi connectivity index (χ4n) is 2.53. The summed E-state index contributed by atoms with van der Waals surface area (Å²) in [7, 11) is 0. The second-order valence-electron chi connectivity index (χ2n) is 5.17. The third kappa shape index (κ3) is 2.17. The summed E-state index contributed by atoms with van der Waals surface area (Å²) < 4.78 is 0. The van der Waals surface area contributed by atoms with Crippen molar-refractivity contribution in [3.63, 3.8) is 0 Å². The summed E-state index contributed by atoms with van der Waals surface area (Å²) in [5.41, 5.74) is 2.55. The molecule has 0 atom stereocenters. The molecular weight excluding hydrogens is 294 g/mol. The molecule has 112 valence electrons. The average Bonchev–Trinajstić information content (AvgIpc) is 2.98. The number of hydrogen-bond acceptors (Lipinski definition) is 4. The van der Waals surface area contributed by atoms with Crippen molar-refractivity contribution in [3.05, 3.63) is 54.1 Å². The number of imidazole rings is 1. The number of aromatic amines is 1. The number of hydrogen-bond donors (Lipinski definition) is 3. The first-order valence-corrected chi connectivity index (χ1v) is 6.94. The molecule has 2 heterocycles. The molecule has 2 aromatic heterocycles. The van der Waals surface area contributed by atoms with Gasteiger partial charge in [-0.15, -0.1) is 0 Å². The number of nitrogens with one attached hydrogen (secondary N) is 1. The molecule has 0 spiro atoms. The molecule has 2 aromatic carbocycles. The van der Waals surface area contributed by atoms with E-state index >= 15 is 0 Å². The lowest BCUT2D eigenvalue weighted by atomic mass is 10.2. The third-order valence-corrected chi connectivity index (χ3v) is 3.67. The zero-order chi connectivity index (χ0) is 16.0. The molecule has 0 amide bonds. The zero-order valence-electron chi connectivity index (χ0n) is 11.8. The summed E-state index contributed by atoms with van der Waals surface area (Å²) >= 11 is 0. The normalized spacial score (nSPS) is 11.1. The molecule has 0 saturated heterocycles. The van der Waals surface area contributed by atoms with Gasteiger partial charge < -0.3 is 15.2 Å². The lowest BCUT2D eigenvalue weighted by Gasteiger charge is -2.02. The maximum absolute atomic E-state index is 11.0. The van der Waals surface area contributed by atoms with Crippen LogP contribution < -0.4 is 0 Å². The van der Waals surface area contributed by atoms with E-state index in [9.17, 15) is 9.90 Å². The SMILES string of the molecule is O=C(O)c1ccc2nc(-c3ccc4cccc(O)c4n3)[nH]c2c1. The van der Waals surface area contributed by atoms with Crippen LogP contribution in [0.2, 0.25) is 0 Å². The molecule has 0 aliphatic heterocycles. The Labute approximate surface area is 130 Å². The van der Waals surface area contributed by atoms with E-state index in [4.69, 9.17) is 5.11 Å². The first-order chi connectivity index (χ1) is 11.1. The highest BCUT2D eigenvalue weighted by Crippen LogP contribution is 2.26. The van der Waals surface area contributed by atoms with Crippen molar-refractivity contribution in [3.8, 4) is 17.3 Å². The second kappa shape index (κ2) is 4.81. The van der Waals surface area contributed by atoms with Gasteiger partial charge in [0.1, 0.15) is 17.0 Å². The number of fused-ring (bicyclic) bond motifs is 2. The summed E-state index contributed by atoms with van der Waals surface area (Å²) in [4.78, 5) is 23.0. The van der Waals surface area contributed by atoms with Gasteiger partial charge >= 0.3 is 5.97 Å². The summed E-state index contributed by atoms with van der Waals surface area (Å²) in [5, 5.41) is 19.8. The number of rotatable bonds is 2. The number of H-pyrrole nitrogens is 1. The molecule has 6 heteroatoms. The zero-order valence-corrected chi connectivity index (χ0v) is 11.8. The Morgan fingerprint density at radius 1 is 1.04 bits per heavy atom. The molecule has 0 unspecified atom stereocenters. The smallest absolute Gasteiger partial charge is 0.335 e. The minimum Gasteiger partial charge on any atom is -0.506 e. The molecule has 0 radical (unpaired) electrons. The van der Waals surface area contributed by atoms with E-state index in [-0.39, 0.29) is 11.3 Å². The van der Waals surface area contributed by atoms with Crippen LogP contribution in [0.1, 0.15) is 10.4 Å². The van der Waals surface area contributed by atoms with Crippen LogP contribution >= 0.6 is 0 Å². The minimum atomic E-state index is -0.989. The Kier molecular flexibility index (Phi) is 2.77. The van der Waals surface area contributed by atoms with Crippen molar-refractivity contribution in [1.29, 1.82) is 0 Å². The molecule has 0 aliphatic carbocycles. The summed E-state index contributed by atoms with van der Waals surface area (Å²) in [6, 6.07) is 13.6. The second-order valence-corrected chi connectivity index (χ2v) is 5.17. The Bertz CT molecular complexity index is 1070. The average molecular weight is 305 g/mol. The van der Waals surface area contributed by atoms with Crippen molar-refractivity contribution in [2.45, 2.75) is 0 Å². The number of carboxylic acid groups (broad SMARTS) is 1. The van der Waals surface area contributed by atoms with Crippen LogP contribution in [0.25, 0.3) is 33.5 Å². The van der Waals surface area contributed by atoms with Crippen molar-refractivity contribution in [2.24, 2.45) is 0 Å². The van der Waals surface area contributed by atoms with Crippen molar-refractivity contribution in [2.75, 3.05) is 0 Å². The lowest BCUT2D eigenvalue weighted by molar-refractivity contribution is 0.0697. The highest BCUT2D eigenvalue weighted by atomic mass is 16.4. The van der Waals surface area contributed by atoms with Gasteiger partial charge in [0, 0.05) is 5.39 Å². The minimum absolute atomic E-state index is 0.105. The topological polar surface area (TPSA) is 99.1 Å². The van der Waals surface area contributed by atoms with Crippen LogP contribution in [-0.4, -0.2) is 31.1 Å². The van der Waals surface area contributed by atoms with Gasteiger partial charge in [0.2, 0.25) is 0 Å². The van der Waals surface area contributed by atoms with Crippen LogP contribution in [0.3, 0.4) is 0 Å². The maximum Gasteiger partial charge on any atom is 0.335 e. The Balaban J connectivity index is 1.88. The van der Waals surface area contributed by atoms with Gasteiger partial charge in [-0.3, -0.25) is 0 Å². The molecule has 6 nitrogen and oxygen atoms in total. The van der Waals surface area contributed by atoms with E-state index in [1.54, 1.807) is 24.3 Å². The van der Waals surface area contributed by atoms with E-state index in [2.05, 4.69) is 15.0 Å². The maximum atomic E-state index is 11.0. The van der Waals surface area contributed by atoms with Crippen molar-refractivity contribution < 1.29 is 15.0 Å². The molecule has 3 N–H and O–H groups in total. The number of nitrogens with zero attached hydrogens (tertiary/aromatic N) is 2. The van der Waals surface area contributed by atoms with E-state index in [0.717, 1.165) is 5.39 Å². The highest BCUT2D eigenvalue weighted by Gasteiger charge is 2.11. The number of carbonyl (C=O) groups is 1. The number of aromatic nitrogens is 3. The van der Waals surface area contributed by atoms with Crippen molar-refractivity contribution in [1.82, 2.24) is 15.0 Å². The van der Waals surface area contributed by atoms with Gasteiger partial charge in [-0.2, -0.15) is 0 Å². The van der Waals surface area contributed by atoms with Gasteiger partial charge in [0.25, 0.3) is 0 Å². The predicted octanol–water partition coefficient (Wildman–Crippen LogP) is 3.18. The first-order valence-electron chi connectivity index (χ1n) is 6.94. The number of benzene rings is 2. The van der Waals surface area contributed by atoms with E-state index in [1.165, 1.54) is 12.1 Å². The van der Waals surface area contributed by atoms with Gasteiger partial charge in [-0.05, 0) is 30.3 Å². The van der Waals surface area contributed by atoms with E-state index in [1.807, 2.05) is 12.1 Å². The third-order valence-electron chi connectivity index (χ3n) is 3.67. The largest absolute Gasteiger partial charge is 0.506 e. The Morgan fingerprint density at radius 3 is 2.74 bits per heavy atom. The number of aromatic carboxylic acids is 1. The lowest BCUT2D eigenvalue weighted by Crippen LogP contribution is -1.94. The highest BCUT2D eigenvalue weighted by molar-refractivity contribution is 5.93. The van der Waals surface area contributed by atoms with E-state index < -0.39 is 5.97 Å². The molecule has 0 bridgehead atoms. The number of aromatic hydroxyl groups is 1. The standard InChI is InChI=1S/C17H11N3O3/c21-14-3-1-2-9-4-7-12(18-15(9)14)16-19-11-6-5-10(17(22)23)8-13(11)20-16/h1-8,21H,(H,19,20)(H,22,23). The molecule has 0 aliphatic rings. The van der Waals surface area contributed by atoms with E-state index in [0.29, 0.717) is 28.1 Å². The van der Waals surface area contributed by atoms with Crippen LogP contribution in [0.4, 0.5) is 0 Å². The van der Waals surface area contributed by atoms with Gasteiger partial charge in [0.05, 0.1) is 16.6 Å². The number of phenolic OH excluding ortho intramolecular Hbond substituents is 1. The van der Waals surface area contributed by atoms with Gasteiger partial charge in [0.15, 0.2) is 5.82 Å². The fourth-order valence-corrected chi connectivity index (χ4v) is 2.53. The summed E-state index contributed by atoms with van der Waals surface area (Å²) in [6.45, 7) is 0. The van der Waals surface area contributed by atoms with Crippen LogP contribution in [0, 0.1) is 0 Å². The molecule has 4 aromatic rings. The molecular formula is C17H11N3O3. The van der Waals surface area contributed by atoms with Gasteiger partial charge in [-0.25, -0.2) is 14.8 Å². The number of para-hydroxylation sites is 1. The van der Waals surface area contributed by atoms with Crippen molar-refractivity contribution >= 4 is 27.9 Å². The number of pyridine rings is 1. The quantitative estimate of drug-likeness (QED) is 0.528. The first kappa shape index (κ1) is 13.3. The molecule has 0 fully saturated rings. The monoisotopic (exact) mass is 305 g/mol. The Hall–Kier alpha value is -3.41. The molecule has 4 rings (SSSR count). The number of carboxylic acids is 1. The number of phenols is 1. The predicted molar refractivity (Wildman–Crippen MR) is 85.5 cm³/mol. The summed E-state index contributed by atoms with van der Waals surface area (Å²) in [5.74, 6) is -0.363. The van der Waals surface area contributed by atoms with Crippen LogP contribution in [0.5, 0.6) is 5.75 Å². The van der Waals surface area contributed by atoms with Crippen LogP contribution in [0.15, 0.2) is 48.5 Å². The van der Waals surface area contributed by atoms with Crippen LogP contribution in [-0.2, 0) is 0 Å². The van der Waals surface area contributed by atoms with Gasteiger partial charge in [-0.1, -0.05) is 18.2 Å².